The number of nitrogens with two attached hydrogens (primary N) is 1. The monoisotopic (exact) mass is 371 g/mol. The van der Waals surface area contributed by atoms with Gasteiger partial charge in [-0.25, -0.2) is 0 Å². The summed E-state index contributed by atoms with van der Waals surface area (Å²) in [7, 11) is 3.13. The summed E-state index contributed by atoms with van der Waals surface area (Å²) in [6.45, 7) is 4.50. The van der Waals surface area contributed by atoms with Gasteiger partial charge in [0, 0.05) is 11.8 Å². The number of guanidine groups is 1. The smallest absolute Gasteiger partial charge is 0.193 e. The van der Waals surface area contributed by atoms with Crippen LogP contribution in [0.2, 0.25) is 0 Å². The molecule has 0 aliphatic carbocycles. The topological polar surface area (TPSA) is 89.1 Å². The fourth-order valence-electron chi connectivity index (χ4n) is 2.63. The number of nitrogens with zero attached hydrogens (tertiary/aromatic N) is 1. The zero-order valence-electron chi connectivity index (χ0n) is 16.4. The number of rotatable bonds is 8. The van der Waals surface area contributed by atoms with Crippen molar-refractivity contribution < 1.29 is 14.6 Å². The van der Waals surface area contributed by atoms with E-state index in [0.717, 1.165) is 12.1 Å². The van der Waals surface area contributed by atoms with Crippen LogP contribution < -0.4 is 20.5 Å². The minimum Gasteiger partial charge on any atom is -0.497 e. The Morgan fingerprint density at radius 1 is 1.07 bits per heavy atom. The number of methoxy groups -OCH3 is 2. The highest BCUT2D eigenvalue weighted by Gasteiger charge is 2.11. The first-order valence-electron chi connectivity index (χ1n) is 9.04. The minimum atomic E-state index is -0.817. The fraction of sp³-hybridized carbons (Fsp3) is 0.381. The molecule has 2 atom stereocenters. The largest absolute Gasteiger partial charge is 0.497 e. The van der Waals surface area contributed by atoms with Crippen LogP contribution in [0.3, 0.4) is 0 Å². The summed E-state index contributed by atoms with van der Waals surface area (Å²) in [6, 6.07) is 13.4. The predicted octanol–water partition coefficient (Wildman–Crippen LogP) is 3.68. The number of hydrogen-bond donors (Lipinski definition) is 3. The van der Waals surface area contributed by atoms with Crippen molar-refractivity contribution in [1.82, 2.24) is 0 Å². The molecule has 0 aliphatic rings. The average Bonchev–Trinajstić information content (AvgIpc) is 2.71. The summed E-state index contributed by atoms with van der Waals surface area (Å²) >= 11 is 0. The van der Waals surface area contributed by atoms with E-state index < -0.39 is 6.10 Å². The van der Waals surface area contributed by atoms with Crippen molar-refractivity contribution in [3.05, 3.63) is 53.6 Å². The third-order valence-corrected chi connectivity index (χ3v) is 4.56. The summed E-state index contributed by atoms with van der Waals surface area (Å²) in [6.07, 6.45) is 0.283. The van der Waals surface area contributed by atoms with Crippen LogP contribution in [0.25, 0.3) is 0 Å². The number of ether oxygens (including phenoxy) is 2. The van der Waals surface area contributed by atoms with E-state index in [4.69, 9.17) is 15.2 Å². The molecule has 6 heteroatoms. The van der Waals surface area contributed by atoms with Crippen LogP contribution in [0, 0.1) is 0 Å². The van der Waals surface area contributed by atoms with E-state index in [0.29, 0.717) is 23.0 Å². The first kappa shape index (κ1) is 20.6. The SMILES string of the molecule is CCC(C)c1ccc(NC(N)=NCC(O)c2cc(OC)cc(OC)c2)cc1. The highest BCUT2D eigenvalue weighted by atomic mass is 16.5. The lowest BCUT2D eigenvalue weighted by Crippen LogP contribution is -2.23. The number of aliphatic imine (C=N–C) groups is 1. The van der Waals surface area contributed by atoms with E-state index in [9.17, 15) is 5.11 Å². The maximum Gasteiger partial charge on any atom is 0.193 e. The molecule has 0 aromatic heterocycles. The van der Waals surface area contributed by atoms with Crippen molar-refractivity contribution in [2.24, 2.45) is 10.7 Å². The number of nitrogens with one attached hydrogen (secondary N) is 1. The number of aliphatic hydroxyl groups excluding tert-OH is 1. The third kappa shape index (κ3) is 5.89. The Morgan fingerprint density at radius 3 is 2.19 bits per heavy atom. The zero-order chi connectivity index (χ0) is 19.8. The fourth-order valence-corrected chi connectivity index (χ4v) is 2.63. The second kappa shape index (κ2) is 9.83. The van der Waals surface area contributed by atoms with Gasteiger partial charge in [-0.3, -0.25) is 4.99 Å². The summed E-state index contributed by atoms with van der Waals surface area (Å²) in [5, 5.41) is 13.4. The van der Waals surface area contributed by atoms with E-state index in [1.807, 2.05) is 12.1 Å². The molecule has 0 heterocycles. The van der Waals surface area contributed by atoms with Crippen LogP contribution in [0.4, 0.5) is 5.69 Å². The molecule has 0 aliphatic heterocycles. The molecule has 2 aromatic carbocycles. The summed E-state index contributed by atoms with van der Waals surface area (Å²) in [4.78, 5) is 4.23. The van der Waals surface area contributed by atoms with Gasteiger partial charge in [-0.05, 0) is 47.7 Å². The van der Waals surface area contributed by atoms with Gasteiger partial charge in [0.2, 0.25) is 0 Å². The molecule has 0 saturated heterocycles. The molecule has 4 N–H and O–H groups in total. The highest BCUT2D eigenvalue weighted by molar-refractivity contribution is 5.92. The first-order valence-corrected chi connectivity index (χ1v) is 9.04. The molecular formula is C21H29N3O3. The molecule has 0 saturated carbocycles. The lowest BCUT2D eigenvalue weighted by atomic mass is 9.99. The molecule has 0 spiro atoms. The Bertz CT molecular complexity index is 738. The molecule has 0 fully saturated rings. The van der Waals surface area contributed by atoms with Crippen LogP contribution in [-0.4, -0.2) is 31.8 Å². The molecule has 6 nitrogen and oxygen atoms in total. The van der Waals surface area contributed by atoms with Gasteiger partial charge >= 0.3 is 0 Å². The summed E-state index contributed by atoms with van der Waals surface area (Å²) < 4.78 is 10.4. The van der Waals surface area contributed by atoms with E-state index >= 15 is 0 Å². The lowest BCUT2D eigenvalue weighted by molar-refractivity contribution is 0.186. The van der Waals surface area contributed by atoms with E-state index in [2.05, 4.69) is 36.3 Å². The number of aliphatic hydroxyl groups is 1. The second-order valence-corrected chi connectivity index (χ2v) is 6.44. The number of benzene rings is 2. The Balaban J connectivity index is 2.00. The Kier molecular flexibility index (Phi) is 7.49. The molecule has 0 radical (unpaired) electrons. The van der Waals surface area contributed by atoms with Gasteiger partial charge in [0.1, 0.15) is 11.5 Å². The molecule has 2 aromatic rings. The van der Waals surface area contributed by atoms with Crippen molar-refractivity contribution >= 4 is 11.6 Å². The van der Waals surface area contributed by atoms with Gasteiger partial charge in [0.25, 0.3) is 0 Å². The van der Waals surface area contributed by atoms with Crippen LogP contribution in [0.5, 0.6) is 11.5 Å². The molecule has 146 valence electrons. The standard InChI is InChI=1S/C21H29N3O3/c1-5-14(2)15-6-8-17(9-7-15)24-21(22)23-13-20(25)16-10-18(26-3)12-19(11-16)27-4/h6-12,14,20,25H,5,13H2,1-4H3,(H3,22,23,24). The second-order valence-electron chi connectivity index (χ2n) is 6.44. The quantitative estimate of drug-likeness (QED) is 0.487. The third-order valence-electron chi connectivity index (χ3n) is 4.56. The normalized spacial score (nSPS) is 13.7. The van der Waals surface area contributed by atoms with Crippen molar-refractivity contribution in [3.63, 3.8) is 0 Å². The molecular weight excluding hydrogens is 342 g/mol. The van der Waals surface area contributed by atoms with Crippen LogP contribution in [0.15, 0.2) is 47.5 Å². The Morgan fingerprint density at radius 2 is 1.67 bits per heavy atom. The van der Waals surface area contributed by atoms with Crippen LogP contribution >= 0.6 is 0 Å². The first-order chi connectivity index (χ1) is 13.0. The van der Waals surface area contributed by atoms with E-state index in [-0.39, 0.29) is 12.5 Å². The van der Waals surface area contributed by atoms with Gasteiger partial charge in [0.15, 0.2) is 5.96 Å². The molecule has 27 heavy (non-hydrogen) atoms. The number of hydrogen-bond acceptors (Lipinski definition) is 4. The van der Waals surface area contributed by atoms with Gasteiger partial charge in [-0.1, -0.05) is 26.0 Å². The maximum absolute atomic E-state index is 10.4. The Labute approximate surface area is 161 Å². The lowest BCUT2D eigenvalue weighted by Gasteiger charge is -2.13. The highest BCUT2D eigenvalue weighted by Crippen LogP contribution is 2.26. The Hall–Kier alpha value is -2.73. The van der Waals surface area contributed by atoms with E-state index in [1.165, 1.54) is 5.56 Å². The van der Waals surface area contributed by atoms with Crippen molar-refractivity contribution in [2.75, 3.05) is 26.1 Å². The van der Waals surface area contributed by atoms with Crippen molar-refractivity contribution in [2.45, 2.75) is 32.3 Å². The molecule has 2 rings (SSSR count). The van der Waals surface area contributed by atoms with Crippen molar-refractivity contribution in [1.29, 1.82) is 0 Å². The predicted molar refractivity (Wildman–Crippen MR) is 110 cm³/mol. The average molecular weight is 371 g/mol. The summed E-state index contributed by atoms with van der Waals surface area (Å²) in [5.41, 5.74) is 8.75. The zero-order valence-corrected chi connectivity index (χ0v) is 16.4. The maximum atomic E-state index is 10.4. The van der Waals surface area contributed by atoms with Crippen LogP contribution in [0.1, 0.15) is 43.4 Å². The minimum absolute atomic E-state index is 0.125. The molecule has 2 unspecified atom stereocenters. The molecule has 0 amide bonds. The van der Waals surface area contributed by atoms with Gasteiger partial charge < -0.3 is 25.6 Å². The van der Waals surface area contributed by atoms with E-state index in [1.54, 1.807) is 32.4 Å². The number of anilines is 1. The van der Waals surface area contributed by atoms with Gasteiger partial charge in [0.05, 0.1) is 26.9 Å². The summed E-state index contributed by atoms with van der Waals surface area (Å²) in [5.74, 6) is 2.00. The van der Waals surface area contributed by atoms with Crippen molar-refractivity contribution in [3.8, 4) is 11.5 Å². The molecule has 0 bridgehead atoms. The van der Waals surface area contributed by atoms with Crippen LogP contribution in [-0.2, 0) is 0 Å². The van der Waals surface area contributed by atoms with Gasteiger partial charge in [-0.15, -0.1) is 0 Å². The van der Waals surface area contributed by atoms with Gasteiger partial charge in [-0.2, -0.15) is 0 Å².